The number of nitrogens with zero attached hydrogens (tertiary/aromatic N) is 2. The van der Waals surface area contributed by atoms with Crippen LogP contribution in [0.15, 0.2) is 42.5 Å². The molecule has 2 amide bonds. The van der Waals surface area contributed by atoms with E-state index in [1.54, 1.807) is 30.3 Å². The molecule has 0 bridgehead atoms. The molecule has 2 aliphatic rings. The van der Waals surface area contributed by atoms with Gasteiger partial charge in [0, 0.05) is 25.7 Å². The highest BCUT2D eigenvalue weighted by molar-refractivity contribution is 6.04. The first-order valence-electron chi connectivity index (χ1n) is 9.25. The summed E-state index contributed by atoms with van der Waals surface area (Å²) in [5.41, 5.74) is 2.62. The van der Waals surface area contributed by atoms with Gasteiger partial charge < -0.3 is 15.1 Å². The lowest BCUT2D eigenvalue weighted by Gasteiger charge is -2.46. The van der Waals surface area contributed by atoms with E-state index < -0.39 is 0 Å². The highest BCUT2D eigenvalue weighted by atomic mass is 19.1. The molecule has 1 N–H and O–H groups in total. The van der Waals surface area contributed by atoms with Crippen molar-refractivity contribution < 1.29 is 14.0 Å². The smallest absolute Gasteiger partial charge is 0.257 e. The molecule has 0 aliphatic carbocycles. The maximum Gasteiger partial charge on any atom is 0.257 e. The minimum absolute atomic E-state index is 0.0412. The molecule has 0 aromatic heterocycles. The average molecular weight is 367 g/mol. The van der Waals surface area contributed by atoms with Gasteiger partial charge in [-0.15, -0.1) is 0 Å². The second-order valence-electron chi connectivity index (χ2n) is 7.13. The molecule has 0 saturated carbocycles. The van der Waals surface area contributed by atoms with E-state index in [0.29, 0.717) is 16.7 Å². The summed E-state index contributed by atoms with van der Waals surface area (Å²) in [4.78, 5) is 29.3. The lowest BCUT2D eigenvalue weighted by atomic mass is 9.97. The first-order chi connectivity index (χ1) is 13.0. The number of rotatable bonds is 3. The van der Waals surface area contributed by atoms with Crippen LogP contribution in [-0.4, -0.2) is 36.5 Å². The summed E-state index contributed by atoms with van der Waals surface area (Å²) >= 11 is 0. The van der Waals surface area contributed by atoms with Gasteiger partial charge in [0.15, 0.2) is 0 Å². The number of piperidine rings is 1. The van der Waals surface area contributed by atoms with E-state index in [2.05, 4.69) is 10.2 Å². The summed E-state index contributed by atoms with van der Waals surface area (Å²) in [6.07, 6.45) is 3.13. The molecule has 5 nitrogen and oxygen atoms in total. The zero-order chi connectivity index (χ0) is 19.0. The van der Waals surface area contributed by atoms with Crippen LogP contribution in [0.4, 0.5) is 10.1 Å². The molecule has 0 spiro atoms. The zero-order valence-electron chi connectivity index (χ0n) is 15.2. The van der Waals surface area contributed by atoms with E-state index in [4.69, 9.17) is 0 Å². The molecule has 0 radical (unpaired) electrons. The third-order valence-electron chi connectivity index (χ3n) is 5.39. The average Bonchev–Trinajstić information content (AvgIpc) is 2.70. The van der Waals surface area contributed by atoms with Crippen molar-refractivity contribution in [2.24, 2.45) is 0 Å². The zero-order valence-corrected chi connectivity index (χ0v) is 15.2. The Bertz CT molecular complexity index is 899. The van der Waals surface area contributed by atoms with Crippen molar-refractivity contribution in [3.63, 3.8) is 0 Å². The molecular formula is C21H22FN3O2. The highest BCUT2D eigenvalue weighted by Gasteiger charge is 2.37. The molecule has 1 fully saturated rings. The number of hydrogen-bond acceptors (Lipinski definition) is 3. The normalized spacial score (nSPS) is 18.7. The Morgan fingerprint density at radius 2 is 2.07 bits per heavy atom. The van der Waals surface area contributed by atoms with Gasteiger partial charge >= 0.3 is 0 Å². The molecular weight excluding hydrogens is 345 g/mol. The molecule has 2 aliphatic heterocycles. The van der Waals surface area contributed by atoms with Crippen LogP contribution < -0.4 is 10.2 Å². The van der Waals surface area contributed by atoms with Gasteiger partial charge in [-0.1, -0.05) is 12.1 Å². The van der Waals surface area contributed by atoms with Crippen LogP contribution in [0.1, 0.15) is 45.5 Å². The fourth-order valence-corrected chi connectivity index (χ4v) is 3.95. The lowest BCUT2D eigenvalue weighted by molar-refractivity contribution is 0.0589. The monoisotopic (exact) mass is 367 g/mol. The first kappa shape index (κ1) is 17.5. The van der Waals surface area contributed by atoms with Crippen LogP contribution in [0.5, 0.6) is 0 Å². The van der Waals surface area contributed by atoms with Crippen molar-refractivity contribution in [1.29, 1.82) is 0 Å². The van der Waals surface area contributed by atoms with Gasteiger partial charge in [-0.25, -0.2) is 4.39 Å². The predicted molar refractivity (Wildman–Crippen MR) is 101 cm³/mol. The number of carbonyl (C=O) groups is 2. The van der Waals surface area contributed by atoms with Gasteiger partial charge in [0.2, 0.25) is 0 Å². The molecule has 2 heterocycles. The van der Waals surface area contributed by atoms with E-state index in [1.165, 1.54) is 12.1 Å². The van der Waals surface area contributed by atoms with Crippen LogP contribution in [0.2, 0.25) is 0 Å². The van der Waals surface area contributed by atoms with Crippen molar-refractivity contribution in [3.05, 3.63) is 65.0 Å². The maximum absolute atomic E-state index is 13.3. The number of carbonyl (C=O) groups excluding carboxylic acids is 2. The fourth-order valence-electron chi connectivity index (χ4n) is 3.95. The second kappa shape index (κ2) is 7.02. The fraction of sp³-hybridized carbons (Fsp3) is 0.333. The number of halogens is 1. The number of benzene rings is 2. The van der Waals surface area contributed by atoms with Gasteiger partial charge in [0.1, 0.15) is 12.0 Å². The minimum Gasteiger partial charge on any atom is -0.354 e. The molecule has 140 valence electrons. The van der Waals surface area contributed by atoms with Crippen LogP contribution in [0, 0.1) is 5.82 Å². The Labute approximate surface area is 157 Å². The van der Waals surface area contributed by atoms with Crippen molar-refractivity contribution in [2.45, 2.75) is 32.0 Å². The number of hydrogen-bond donors (Lipinski definition) is 1. The van der Waals surface area contributed by atoms with Crippen LogP contribution in [0.25, 0.3) is 0 Å². The van der Waals surface area contributed by atoms with Gasteiger partial charge in [0.05, 0.1) is 11.3 Å². The number of amides is 2. The Hall–Kier alpha value is -2.89. The van der Waals surface area contributed by atoms with E-state index in [0.717, 1.165) is 31.5 Å². The Morgan fingerprint density at radius 1 is 1.22 bits per heavy atom. The van der Waals surface area contributed by atoms with Crippen molar-refractivity contribution in [2.75, 3.05) is 18.5 Å². The standard InChI is InChI=1S/C21H22FN3O2/c1-24-18-12-15(20(26)23-13-14-5-4-6-16(22)11-14)8-9-17(18)21(27)25-10-3-2-7-19(24)25/h4-6,8-9,11-12,19H,2-3,7,10,13H2,1H3,(H,23,26)/t19-/m0/s1. The van der Waals surface area contributed by atoms with Crippen LogP contribution in [0.3, 0.4) is 0 Å². The van der Waals surface area contributed by atoms with Gasteiger partial charge in [-0.2, -0.15) is 0 Å². The molecule has 2 aromatic carbocycles. The van der Waals surface area contributed by atoms with E-state index in [-0.39, 0.29) is 30.3 Å². The SMILES string of the molecule is CN1c2cc(C(=O)NCc3cccc(F)c3)ccc2C(=O)N2CCCC[C@H]21. The third kappa shape index (κ3) is 3.27. The topological polar surface area (TPSA) is 52.7 Å². The van der Waals surface area contributed by atoms with E-state index in [1.807, 2.05) is 11.9 Å². The highest BCUT2D eigenvalue weighted by Crippen LogP contribution is 2.34. The quantitative estimate of drug-likeness (QED) is 0.907. The molecule has 2 aromatic rings. The van der Waals surface area contributed by atoms with Crippen molar-refractivity contribution in [3.8, 4) is 0 Å². The summed E-state index contributed by atoms with van der Waals surface area (Å²) in [6.45, 7) is 1.03. The van der Waals surface area contributed by atoms with Gasteiger partial charge in [-0.3, -0.25) is 9.59 Å². The molecule has 4 rings (SSSR count). The van der Waals surface area contributed by atoms with Gasteiger partial charge in [0.25, 0.3) is 11.8 Å². The third-order valence-corrected chi connectivity index (χ3v) is 5.39. The second-order valence-corrected chi connectivity index (χ2v) is 7.13. The molecule has 1 atom stereocenters. The number of anilines is 1. The predicted octanol–water partition coefficient (Wildman–Crippen LogP) is 3.16. The summed E-state index contributed by atoms with van der Waals surface area (Å²) in [7, 11) is 1.97. The lowest BCUT2D eigenvalue weighted by Crippen LogP contribution is -2.55. The Morgan fingerprint density at radius 3 is 2.89 bits per heavy atom. The molecule has 27 heavy (non-hydrogen) atoms. The largest absolute Gasteiger partial charge is 0.354 e. The van der Waals surface area contributed by atoms with Crippen LogP contribution in [-0.2, 0) is 6.54 Å². The summed E-state index contributed by atoms with van der Waals surface area (Å²) in [5.74, 6) is -0.527. The van der Waals surface area contributed by atoms with E-state index in [9.17, 15) is 14.0 Å². The van der Waals surface area contributed by atoms with Crippen LogP contribution >= 0.6 is 0 Å². The summed E-state index contributed by atoms with van der Waals surface area (Å²) < 4.78 is 13.3. The Kier molecular flexibility index (Phi) is 4.56. The molecule has 6 heteroatoms. The summed E-state index contributed by atoms with van der Waals surface area (Å²) in [6, 6.07) is 11.3. The van der Waals surface area contributed by atoms with Crippen molar-refractivity contribution >= 4 is 17.5 Å². The minimum atomic E-state index is -0.326. The molecule has 0 unspecified atom stereocenters. The molecule has 1 saturated heterocycles. The van der Waals surface area contributed by atoms with Crippen molar-refractivity contribution in [1.82, 2.24) is 10.2 Å². The van der Waals surface area contributed by atoms with Gasteiger partial charge in [-0.05, 0) is 55.2 Å². The van der Waals surface area contributed by atoms with E-state index >= 15 is 0 Å². The Balaban J connectivity index is 1.54. The maximum atomic E-state index is 13.3. The first-order valence-corrected chi connectivity index (χ1v) is 9.25. The number of nitrogens with one attached hydrogen (secondary N) is 1. The number of fused-ring (bicyclic) bond motifs is 2. The summed E-state index contributed by atoms with van der Waals surface area (Å²) in [5, 5.41) is 2.81.